The molecule has 0 aliphatic carbocycles. The number of aryl methyl sites for hydroxylation is 1. The predicted molar refractivity (Wildman–Crippen MR) is 86.3 cm³/mol. The average molecular weight is 335 g/mol. The van der Waals surface area contributed by atoms with Crippen molar-refractivity contribution >= 4 is 10.0 Å². The van der Waals surface area contributed by atoms with Crippen LogP contribution in [0.4, 0.5) is 0 Å². The first kappa shape index (κ1) is 16.1. The first-order valence-electron chi connectivity index (χ1n) is 7.74. The molecule has 0 radical (unpaired) electrons. The summed E-state index contributed by atoms with van der Waals surface area (Å²) in [6.07, 6.45) is 9.58. The molecule has 0 N–H and O–H groups in total. The van der Waals surface area contributed by atoms with E-state index in [1.54, 1.807) is 28.8 Å². The number of nitrogens with zero attached hydrogens (tertiary/aromatic N) is 5. The van der Waals surface area contributed by atoms with Gasteiger partial charge in [-0.15, -0.1) is 0 Å². The number of piperazine rings is 1. The maximum atomic E-state index is 12.5. The molecule has 8 heteroatoms. The summed E-state index contributed by atoms with van der Waals surface area (Å²) >= 11 is 0. The SMILES string of the molecule is O=S(=O)(c1cccnc1)N1CCN(CCCn2ccnc2)CC1. The topological polar surface area (TPSA) is 71.3 Å². The highest BCUT2D eigenvalue weighted by Crippen LogP contribution is 2.16. The molecular formula is C15H21N5O2S. The van der Waals surface area contributed by atoms with E-state index in [9.17, 15) is 8.42 Å². The highest BCUT2D eigenvalue weighted by atomic mass is 32.2. The molecule has 3 heterocycles. The third-order valence-electron chi connectivity index (χ3n) is 4.05. The molecule has 1 saturated heterocycles. The lowest BCUT2D eigenvalue weighted by atomic mass is 10.3. The Labute approximate surface area is 136 Å². The van der Waals surface area contributed by atoms with Crippen LogP contribution in [0.3, 0.4) is 0 Å². The summed E-state index contributed by atoms with van der Waals surface area (Å²) < 4.78 is 28.7. The van der Waals surface area contributed by atoms with Gasteiger partial charge in [0.1, 0.15) is 4.90 Å². The summed E-state index contributed by atoms with van der Waals surface area (Å²) in [5, 5.41) is 0. The lowest BCUT2D eigenvalue weighted by Crippen LogP contribution is -2.48. The van der Waals surface area contributed by atoms with E-state index in [1.807, 2.05) is 12.5 Å². The standard InChI is InChI=1S/C15H21N5O2S/c21-23(22,15-3-1-4-16-13-15)20-11-9-18(10-12-20)6-2-7-19-8-5-17-14-19/h1,3-5,8,13-14H,2,6-7,9-12H2. The lowest BCUT2D eigenvalue weighted by Gasteiger charge is -2.33. The molecule has 2 aromatic heterocycles. The van der Waals surface area contributed by atoms with Crippen LogP contribution in [-0.4, -0.2) is 64.9 Å². The minimum Gasteiger partial charge on any atom is -0.337 e. The zero-order chi connectivity index (χ0) is 16.1. The molecule has 2 aromatic rings. The molecule has 0 aromatic carbocycles. The van der Waals surface area contributed by atoms with Crippen LogP contribution >= 0.6 is 0 Å². The molecule has 124 valence electrons. The molecule has 0 bridgehead atoms. The van der Waals surface area contributed by atoms with Gasteiger partial charge in [-0.05, 0) is 25.1 Å². The minimum absolute atomic E-state index is 0.272. The highest BCUT2D eigenvalue weighted by molar-refractivity contribution is 7.89. The van der Waals surface area contributed by atoms with Gasteiger partial charge < -0.3 is 9.47 Å². The molecule has 0 amide bonds. The van der Waals surface area contributed by atoms with Crippen molar-refractivity contribution in [2.45, 2.75) is 17.9 Å². The van der Waals surface area contributed by atoms with Crippen molar-refractivity contribution in [3.63, 3.8) is 0 Å². The average Bonchev–Trinajstić information content (AvgIpc) is 3.10. The van der Waals surface area contributed by atoms with Gasteiger partial charge >= 0.3 is 0 Å². The summed E-state index contributed by atoms with van der Waals surface area (Å²) in [6, 6.07) is 3.25. The van der Waals surface area contributed by atoms with E-state index in [0.29, 0.717) is 13.1 Å². The fraction of sp³-hybridized carbons (Fsp3) is 0.467. The molecule has 0 spiro atoms. The molecule has 23 heavy (non-hydrogen) atoms. The van der Waals surface area contributed by atoms with E-state index < -0.39 is 10.0 Å². The third kappa shape index (κ3) is 3.95. The van der Waals surface area contributed by atoms with Gasteiger partial charge in [-0.2, -0.15) is 4.31 Å². The van der Waals surface area contributed by atoms with E-state index in [1.165, 1.54) is 6.20 Å². The Hall–Kier alpha value is -1.77. The van der Waals surface area contributed by atoms with E-state index in [2.05, 4.69) is 19.4 Å². The summed E-state index contributed by atoms with van der Waals surface area (Å²) in [6.45, 7) is 4.50. The highest BCUT2D eigenvalue weighted by Gasteiger charge is 2.28. The molecule has 0 saturated carbocycles. The van der Waals surface area contributed by atoms with Crippen molar-refractivity contribution in [3.05, 3.63) is 43.2 Å². The van der Waals surface area contributed by atoms with Gasteiger partial charge in [0.25, 0.3) is 0 Å². The first-order valence-corrected chi connectivity index (χ1v) is 9.18. The Balaban J connectivity index is 1.48. The van der Waals surface area contributed by atoms with Gasteiger partial charge in [0.2, 0.25) is 10.0 Å². The molecule has 1 aliphatic heterocycles. The number of rotatable bonds is 6. The zero-order valence-electron chi connectivity index (χ0n) is 13.0. The normalized spacial score (nSPS) is 17.4. The molecule has 1 aliphatic rings. The van der Waals surface area contributed by atoms with Crippen LogP contribution < -0.4 is 0 Å². The minimum atomic E-state index is -3.41. The predicted octanol–water partition coefficient (Wildman–Crippen LogP) is 0.675. The second-order valence-electron chi connectivity index (χ2n) is 5.59. The second kappa shape index (κ2) is 7.20. The van der Waals surface area contributed by atoms with Crippen molar-refractivity contribution in [2.24, 2.45) is 0 Å². The molecule has 3 rings (SSSR count). The number of sulfonamides is 1. The number of aromatic nitrogens is 3. The third-order valence-corrected chi connectivity index (χ3v) is 5.94. The van der Waals surface area contributed by atoms with Crippen molar-refractivity contribution < 1.29 is 8.42 Å². The number of hydrogen-bond donors (Lipinski definition) is 0. The zero-order valence-corrected chi connectivity index (χ0v) is 13.8. The van der Waals surface area contributed by atoms with Crippen LogP contribution in [0.1, 0.15) is 6.42 Å². The van der Waals surface area contributed by atoms with Gasteiger partial charge in [0.05, 0.1) is 6.33 Å². The fourth-order valence-corrected chi connectivity index (χ4v) is 4.12. The van der Waals surface area contributed by atoms with E-state index in [4.69, 9.17) is 0 Å². The number of imidazole rings is 1. The number of hydrogen-bond acceptors (Lipinski definition) is 5. The van der Waals surface area contributed by atoms with E-state index in [-0.39, 0.29) is 4.90 Å². The van der Waals surface area contributed by atoms with Crippen LogP contribution in [0.2, 0.25) is 0 Å². The number of pyridine rings is 1. The second-order valence-corrected chi connectivity index (χ2v) is 7.53. The lowest BCUT2D eigenvalue weighted by molar-refractivity contribution is 0.184. The van der Waals surface area contributed by atoms with Crippen molar-refractivity contribution in [1.82, 2.24) is 23.7 Å². The summed E-state index contributed by atoms with van der Waals surface area (Å²) in [5.74, 6) is 0. The van der Waals surface area contributed by atoms with Gasteiger partial charge in [-0.1, -0.05) is 0 Å². The summed E-state index contributed by atoms with van der Waals surface area (Å²) in [7, 11) is -3.41. The first-order chi connectivity index (χ1) is 11.2. The molecule has 7 nitrogen and oxygen atoms in total. The Morgan fingerprint density at radius 1 is 1.04 bits per heavy atom. The van der Waals surface area contributed by atoms with E-state index >= 15 is 0 Å². The monoisotopic (exact) mass is 335 g/mol. The summed E-state index contributed by atoms with van der Waals surface area (Å²) in [5.41, 5.74) is 0. The van der Waals surface area contributed by atoms with Crippen molar-refractivity contribution in [2.75, 3.05) is 32.7 Å². The van der Waals surface area contributed by atoms with Gasteiger partial charge in [0.15, 0.2) is 0 Å². The quantitative estimate of drug-likeness (QED) is 0.776. The molecule has 0 atom stereocenters. The van der Waals surface area contributed by atoms with Crippen LogP contribution in [0.15, 0.2) is 48.1 Å². The van der Waals surface area contributed by atoms with Gasteiger partial charge in [0, 0.05) is 57.5 Å². The van der Waals surface area contributed by atoms with Crippen LogP contribution in [0.5, 0.6) is 0 Å². The Morgan fingerprint density at radius 3 is 2.52 bits per heavy atom. The van der Waals surface area contributed by atoms with Crippen LogP contribution in [0.25, 0.3) is 0 Å². The Kier molecular flexibility index (Phi) is 5.04. The largest absolute Gasteiger partial charge is 0.337 e. The molecule has 1 fully saturated rings. The molecule has 0 unspecified atom stereocenters. The van der Waals surface area contributed by atoms with Gasteiger partial charge in [-0.3, -0.25) is 4.98 Å². The maximum absolute atomic E-state index is 12.5. The van der Waals surface area contributed by atoms with Gasteiger partial charge in [-0.25, -0.2) is 13.4 Å². The van der Waals surface area contributed by atoms with Crippen LogP contribution in [0, 0.1) is 0 Å². The summed E-state index contributed by atoms with van der Waals surface area (Å²) in [4.78, 5) is 10.5. The Bertz CT molecular complexity index is 695. The Morgan fingerprint density at radius 2 is 1.87 bits per heavy atom. The van der Waals surface area contributed by atoms with Crippen LogP contribution in [-0.2, 0) is 16.6 Å². The maximum Gasteiger partial charge on any atom is 0.244 e. The van der Waals surface area contributed by atoms with E-state index in [0.717, 1.165) is 32.6 Å². The smallest absolute Gasteiger partial charge is 0.244 e. The van der Waals surface area contributed by atoms with Crippen molar-refractivity contribution in [3.8, 4) is 0 Å². The fourth-order valence-electron chi connectivity index (χ4n) is 2.74. The van der Waals surface area contributed by atoms with Crippen molar-refractivity contribution in [1.29, 1.82) is 0 Å². The molecular weight excluding hydrogens is 314 g/mol.